The second-order valence-corrected chi connectivity index (χ2v) is 5.78. The Bertz CT molecular complexity index is 711. The van der Waals surface area contributed by atoms with Gasteiger partial charge in [0.05, 0.1) is 0 Å². The van der Waals surface area contributed by atoms with E-state index in [-0.39, 0.29) is 5.91 Å². The summed E-state index contributed by atoms with van der Waals surface area (Å²) < 4.78 is 0. The topological polar surface area (TPSA) is 78.6 Å². The van der Waals surface area contributed by atoms with Crippen LogP contribution in [0.2, 0.25) is 0 Å². The molecule has 5 heteroatoms. The summed E-state index contributed by atoms with van der Waals surface area (Å²) in [5.41, 5.74) is 10.5. The number of nitrogens with two attached hydrogens (primary N) is 1. The number of carbonyl (C=O) groups is 1. The summed E-state index contributed by atoms with van der Waals surface area (Å²) in [6.07, 6.45) is 0.0262. The monoisotopic (exact) mass is 311 g/mol. The molecule has 1 atom stereocenters. The summed E-state index contributed by atoms with van der Waals surface area (Å²) in [4.78, 5) is 13.9. The van der Waals surface area contributed by atoms with Crippen LogP contribution in [-0.4, -0.2) is 24.6 Å². The van der Waals surface area contributed by atoms with Gasteiger partial charge in [-0.25, -0.2) is 0 Å². The van der Waals surface area contributed by atoms with Crippen LogP contribution < -0.4 is 16.0 Å². The number of aliphatic hydroxyl groups is 1. The number of aliphatic hydroxyl groups excluding tert-OH is 1. The lowest BCUT2D eigenvalue weighted by atomic mass is 10.1. The average molecular weight is 311 g/mol. The van der Waals surface area contributed by atoms with Gasteiger partial charge in [-0.3, -0.25) is 4.79 Å². The zero-order valence-electron chi connectivity index (χ0n) is 13.1. The number of hydrogen-bond donors (Lipinski definition) is 3. The highest BCUT2D eigenvalue weighted by Crippen LogP contribution is 2.31. The fraction of sp³-hybridized carbons (Fsp3) is 0.278. The van der Waals surface area contributed by atoms with Crippen molar-refractivity contribution in [3.63, 3.8) is 0 Å². The van der Waals surface area contributed by atoms with Gasteiger partial charge in [0.1, 0.15) is 6.23 Å². The highest BCUT2D eigenvalue weighted by Gasteiger charge is 2.20. The van der Waals surface area contributed by atoms with E-state index in [9.17, 15) is 9.90 Å². The Morgan fingerprint density at radius 3 is 2.70 bits per heavy atom. The van der Waals surface area contributed by atoms with Gasteiger partial charge in [0.25, 0.3) is 5.91 Å². The first-order chi connectivity index (χ1) is 11.1. The normalized spacial score (nSPS) is 14.5. The fourth-order valence-corrected chi connectivity index (χ4v) is 2.96. The van der Waals surface area contributed by atoms with Gasteiger partial charge in [0.2, 0.25) is 0 Å². The zero-order chi connectivity index (χ0) is 16.4. The molecule has 1 aliphatic heterocycles. The van der Waals surface area contributed by atoms with Crippen LogP contribution in [0.4, 0.5) is 5.69 Å². The third-order valence-electron chi connectivity index (χ3n) is 4.25. The van der Waals surface area contributed by atoms with Crippen LogP contribution in [0.25, 0.3) is 0 Å². The molecule has 120 valence electrons. The Balaban J connectivity index is 1.75. The minimum Gasteiger partial charge on any atom is -0.375 e. The van der Waals surface area contributed by atoms with Crippen molar-refractivity contribution in [2.45, 2.75) is 19.2 Å². The first-order valence-electron chi connectivity index (χ1n) is 7.71. The maximum atomic E-state index is 11.6. The van der Waals surface area contributed by atoms with Gasteiger partial charge >= 0.3 is 0 Å². The third kappa shape index (κ3) is 3.21. The van der Waals surface area contributed by atoms with Crippen LogP contribution in [-0.2, 0) is 13.0 Å². The SMILES string of the molecule is CNC(=O)c1ccc(CN2CCc3cc(C(N)O)ccc32)cc1. The Morgan fingerprint density at radius 2 is 2.04 bits per heavy atom. The molecule has 4 N–H and O–H groups in total. The van der Waals surface area contributed by atoms with E-state index in [1.165, 1.54) is 11.3 Å². The molecule has 2 aromatic rings. The molecular formula is C18H21N3O2. The van der Waals surface area contributed by atoms with Crippen molar-refractivity contribution in [1.29, 1.82) is 0 Å². The molecule has 0 aromatic heterocycles. The standard InChI is InChI=1S/C18H21N3O2/c1-20-18(23)13-4-2-12(3-5-13)11-21-9-8-14-10-15(17(19)22)6-7-16(14)21/h2-7,10,17,22H,8-9,11,19H2,1H3,(H,20,23). The molecule has 23 heavy (non-hydrogen) atoms. The van der Waals surface area contributed by atoms with Crippen LogP contribution in [0, 0.1) is 0 Å². The van der Waals surface area contributed by atoms with Crippen molar-refractivity contribution < 1.29 is 9.90 Å². The number of nitrogens with one attached hydrogen (secondary N) is 1. The van der Waals surface area contributed by atoms with Gasteiger partial charge in [0, 0.05) is 31.4 Å². The van der Waals surface area contributed by atoms with Crippen LogP contribution in [0.1, 0.15) is 33.3 Å². The lowest BCUT2D eigenvalue weighted by Crippen LogP contribution is -2.20. The summed E-state index contributed by atoms with van der Waals surface area (Å²) in [6, 6.07) is 13.5. The molecule has 0 bridgehead atoms. The van der Waals surface area contributed by atoms with E-state index in [1.54, 1.807) is 7.05 Å². The highest BCUT2D eigenvalue weighted by molar-refractivity contribution is 5.93. The summed E-state index contributed by atoms with van der Waals surface area (Å²) in [5, 5.41) is 12.1. The molecule has 5 nitrogen and oxygen atoms in total. The second-order valence-electron chi connectivity index (χ2n) is 5.78. The van der Waals surface area contributed by atoms with Crippen LogP contribution in [0.5, 0.6) is 0 Å². The Kier molecular flexibility index (Phi) is 4.32. The van der Waals surface area contributed by atoms with Crippen molar-refractivity contribution in [2.75, 3.05) is 18.5 Å². The molecule has 1 aliphatic rings. The van der Waals surface area contributed by atoms with E-state index in [1.807, 2.05) is 42.5 Å². The number of rotatable bonds is 4. The van der Waals surface area contributed by atoms with Gasteiger partial charge in [-0.05, 0) is 47.4 Å². The maximum absolute atomic E-state index is 11.6. The van der Waals surface area contributed by atoms with Gasteiger partial charge in [0.15, 0.2) is 0 Å². The minimum atomic E-state index is -0.924. The van der Waals surface area contributed by atoms with E-state index >= 15 is 0 Å². The smallest absolute Gasteiger partial charge is 0.251 e. The number of carbonyl (C=O) groups excluding carboxylic acids is 1. The lowest BCUT2D eigenvalue weighted by molar-refractivity contribution is 0.0963. The van der Waals surface area contributed by atoms with Crippen LogP contribution in [0.15, 0.2) is 42.5 Å². The van der Waals surface area contributed by atoms with Crippen molar-refractivity contribution in [3.8, 4) is 0 Å². The lowest BCUT2D eigenvalue weighted by Gasteiger charge is -2.20. The quantitative estimate of drug-likeness (QED) is 0.749. The number of fused-ring (bicyclic) bond motifs is 1. The third-order valence-corrected chi connectivity index (χ3v) is 4.25. The molecular weight excluding hydrogens is 290 g/mol. The summed E-state index contributed by atoms with van der Waals surface area (Å²) in [7, 11) is 1.63. The number of benzene rings is 2. The Morgan fingerprint density at radius 1 is 1.30 bits per heavy atom. The maximum Gasteiger partial charge on any atom is 0.251 e. The van der Waals surface area contributed by atoms with Gasteiger partial charge in [-0.15, -0.1) is 0 Å². The zero-order valence-corrected chi connectivity index (χ0v) is 13.1. The van der Waals surface area contributed by atoms with E-state index in [0.717, 1.165) is 30.6 Å². The van der Waals surface area contributed by atoms with E-state index < -0.39 is 6.23 Å². The van der Waals surface area contributed by atoms with E-state index in [4.69, 9.17) is 5.73 Å². The second kappa shape index (κ2) is 6.40. The molecule has 0 saturated carbocycles. The molecule has 0 radical (unpaired) electrons. The molecule has 0 saturated heterocycles. The number of amides is 1. The van der Waals surface area contributed by atoms with Crippen molar-refractivity contribution in [1.82, 2.24) is 5.32 Å². The molecule has 3 rings (SSSR count). The molecule has 2 aromatic carbocycles. The minimum absolute atomic E-state index is 0.0732. The molecule has 0 spiro atoms. The predicted molar refractivity (Wildman–Crippen MR) is 90.2 cm³/mol. The predicted octanol–water partition coefficient (Wildman–Crippen LogP) is 1.56. The van der Waals surface area contributed by atoms with Crippen molar-refractivity contribution in [2.24, 2.45) is 5.73 Å². The van der Waals surface area contributed by atoms with Gasteiger partial charge in [-0.2, -0.15) is 0 Å². The molecule has 1 amide bonds. The van der Waals surface area contributed by atoms with E-state index in [2.05, 4.69) is 10.2 Å². The summed E-state index contributed by atoms with van der Waals surface area (Å²) in [6.45, 7) is 1.74. The van der Waals surface area contributed by atoms with Crippen LogP contribution in [0.3, 0.4) is 0 Å². The number of hydrogen-bond acceptors (Lipinski definition) is 4. The first kappa shape index (κ1) is 15.5. The molecule has 1 unspecified atom stereocenters. The number of anilines is 1. The van der Waals surface area contributed by atoms with Crippen LogP contribution >= 0.6 is 0 Å². The number of nitrogens with zero attached hydrogens (tertiary/aromatic N) is 1. The summed E-state index contributed by atoms with van der Waals surface area (Å²) >= 11 is 0. The molecule has 0 aliphatic carbocycles. The molecule has 0 fully saturated rings. The Labute approximate surface area is 135 Å². The molecule has 1 heterocycles. The average Bonchev–Trinajstić information content (AvgIpc) is 2.97. The van der Waals surface area contributed by atoms with E-state index in [0.29, 0.717) is 5.56 Å². The largest absolute Gasteiger partial charge is 0.375 e. The highest BCUT2D eigenvalue weighted by atomic mass is 16.3. The first-order valence-corrected chi connectivity index (χ1v) is 7.71. The fourth-order valence-electron chi connectivity index (χ4n) is 2.96. The Hall–Kier alpha value is -2.37. The van der Waals surface area contributed by atoms with Crippen molar-refractivity contribution in [3.05, 3.63) is 64.7 Å². The van der Waals surface area contributed by atoms with Gasteiger partial charge < -0.3 is 21.1 Å². The van der Waals surface area contributed by atoms with Gasteiger partial charge in [-0.1, -0.05) is 18.2 Å². The van der Waals surface area contributed by atoms with Crippen molar-refractivity contribution >= 4 is 11.6 Å². The summed E-state index contributed by atoms with van der Waals surface area (Å²) in [5.74, 6) is -0.0732.